The summed E-state index contributed by atoms with van der Waals surface area (Å²) >= 11 is 0. The summed E-state index contributed by atoms with van der Waals surface area (Å²) in [6.07, 6.45) is 8.36. The van der Waals surface area contributed by atoms with Gasteiger partial charge in [0.1, 0.15) is 12.4 Å². The van der Waals surface area contributed by atoms with Crippen LogP contribution in [0, 0.1) is 16.6 Å². The molecule has 6 heteroatoms. The van der Waals surface area contributed by atoms with E-state index >= 15 is 0 Å². The highest BCUT2D eigenvalue weighted by Crippen LogP contribution is 2.56. The molecular weight excluding hydrogens is 553 g/mol. The Morgan fingerprint density at radius 3 is 2.02 bits per heavy atom. The van der Waals surface area contributed by atoms with Gasteiger partial charge in [0.15, 0.2) is 23.1 Å². The molecule has 0 aromatic heterocycles. The summed E-state index contributed by atoms with van der Waals surface area (Å²) < 4.78 is 26.0. The minimum Gasteiger partial charge on any atom is -0.490 e. The lowest BCUT2D eigenvalue weighted by Crippen LogP contribution is -2.48. The molecule has 0 spiro atoms. The summed E-state index contributed by atoms with van der Waals surface area (Å²) in [6.45, 7) is 11.3. The summed E-state index contributed by atoms with van der Waals surface area (Å²) in [5, 5.41) is 0. The zero-order valence-electron chi connectivity index (χ0n) is 26.9. The van der Waals surface area contributed by atoms with E-state index in [1.165, 1.54) is 31.4 Å². The molecule has 234 valence electrons. The van der Waals surface area contributed by atoms with Crippen LogP contribution in [-0.2, 0) is 16.2 Å². The van der Waals surface area contributed by atoms with Crippen LogP contribution in [0.15, 0.2) is 65.0 Å². The monoisotopic (exact) mass is 599 g/mol. The Kier molecular flexibility index (Phi) is 8.23. The quantitative estimate of drug-likeness (QED) is 0.318. The molecule has 0 N–H and O–H groups in total. The number of halogens is 1. The van der Waals surface area contributed by atoms with Gasteiger partial charge in [-0.1, -0.05) is 65.2 Å². The average Bonchev–Trinajstić information content (AvgIpc) is 2.95. The van der Waals surface area contributed by atoms with E-state index in [4.69, 9.17) is 9.47 Å². The first-order valence-electron chi connectivity index (χ1n) is 16.4. The van der Waals surface area contributed by atoms with Crippen molar-refractivity contribution in [2.45, 2.75) is 111 Å². The van der Waals surface area contributed by atoms with Crippen molar-refractivity contribution in [2.75, 3.05) is 6.61 Å². The van der Waals surface area contributed by atoms with Crippen molar-refractivity contribution < 1.29 is 23.5 Å². The molecule has 1 aliphatic heterocycles. The van der Waals surface area contributed by atoms with Crippen LogP contribution >= 0.6 is 0 Å². The third kappa shape index (κ3) is 5.97. The number of benzene rings is 2. The van der Waals surface area contributed by atoms with E-state index in [9.17, 15) is 14.0 Å². The number of carbonyl (C=O) groups is 2. The Hall–Kier alpha value is -3.41. The number of hydrogen-bond acceptors (Lipinski definition) is 5. The molecule has 0 unspecified atom stereocenters. The topological polar surface area (TPSA) is 55.8 Å². The maximum absolute atomic E-state index is 14.2. The van der Waals surface area contributed by atoms with Gasteiger partial charge in [-0.2, -0.15) is 0 Å². The Morgan fingerprint density at radius 2 is 1.43 bits per heavy atom. The Labute approximate surface area is 261 Å². The van der Waals surface area contributed by atoms with Gasteiger partial charge in [-0.15, -0.1) is 0 Å². The van der Waals surface area contributed by atoms with Gasteiger partial charge in [-0.3, -0.25) is 9.59 Å². The van der Waals surface area contributed by atoms with Gasteiger partial charge in [0.2, 0.25) is 0 Å². The molecule has 2 aromatic rings. The minimum absolute atomic E-state index is 0.148. The smallest absolute Gasteiger partial charge is 0.162 e. The lowest BCUT2D eigenvalue weighted by atomic mass is 9.63. The number of rotatable bonds is 7. The standard InChI is InChI=1S/C38H46FNO4/c1-6-43-33-18-25(15-16-32(33)44-23-24-11-10-12-26(39)17-24)34-35-28(19-37(2,3)21-30(35)41)40(27-13-8-7-9-14-27)29-20-38(4,5)22-31(42)36(29)34/h10-12,15-18,27,34H,6-9,13-14,19-23H2,1-5H3. The molecule has 4 aliphatic rings. The molecule has 0 atom stereocenters. The molecule has 0 saturated heterocycles. The second-order valence-corrected chi connectivity index (χ2v) is 14.8. The van der Waals surface area contributed by atoms with Crippen molar-refractivity contribution >= 4 is 11.6 Å². The second kappa shape index (κ2) is 11.8. The van der Waals surface area contributed by atoms with E-state index in [2.05, 4.69) is 32.6 Å². The van der Waals surface area contributed by atoms with Crippen molar-refractivity contribution in [1.82, 2.24) is 4.90 Å². The summed E-state index contributed by atoms with van der Waals surface area (Å²) in [4.78, 5) is 30.9. The van der Waals surface area contributed by atoms with Gasteiger partial charge < -0.3 is 14.4 Å². The molecule has 5 nitrogen and oxygen atoms in total. The Bertz CT molecular complexity index is 1470. The molecule has 0 radical (unpaired) electrons. The van der Waals surface area contributed by atoms with Crippen molar-refractivity contribution in [3.8, 4) is 11.5 Å². The highest BCUT2D eigenvalue weighted by Gasteiger charge is 2.50. The number of carbonyl (C=O) groups excluding carboxylic acids is 2. The van der Waals surface area contributed by atoms with Gasteiger partial charge in [-0.25, -0.2) is 4.39 Å². The summed E-state index contributed by atoms with van der Waals surface area (Å²) in [7, 11) is 0. The molecular formula is C38H46FNO4. The summed E-state index contributed by atoms with van der Waals surface area (Å²) in [5.74, 6) is 0.678. The van der Waals surface area contributed by atoms with Gasteiger partial charge in [0.05, 0.1) is 6.61 Å². The SMILES string of the molecule is CCOc1cc(C2C3=C(CC(C)(C)CC3=O)N(C3CCCCC3)C3=C2C(=O)CC(C)(C)C3)ccc1OCc1cccc(F)c1. The highest BCUT2D eigenvalue weighted by molar-refractivity contribution is 6.06. The van der Waals surface area contributed by atoms with Crippen LogP contribution in [0.5, 0.6) is 11.5 Å². The lowest BCUT2D eigenvalue weighted by molar-refractivity contribution is -0.119. The predicted octanol–water partition coefficient (Wildman–Crippen LogP) is 8.82. The minimum atomic E-state index is -0.427. The average molecular weight is 600 g/mol. The van der Waals surface area contributed by atoms with Crippen LogP contribution in [0.1, 0.15) is 109 Å². The fourth-order valence-electron chi connectivity index (χ4n) is 7.99. The van der Waals surface area contributed by atoms with Crippen LogP contribution < -0.4 is 9.47 Å². The van der Waals surface area contributed by atoms with Gasteiger partial charge in [0.25, 0.3) is 0 Å². The first-order valence-corrected chi connectivity index (χ1v) is 16.4. The van der Waals surface area contributed by atoms with Crippen LogP contribution in [0.25, 0.3) is 0 Å². The van der Waals surface area contributed by atoms with Crippen LogP contribution in [0.3, 0.4) is 0 Å². The van der Waals surface area contributed by atoms with E-state index in [0.29, 0.717) is 37.0 Å². The molecule has 0 amide bonds. The fourth-order valence-corrected chi connectivity index (χ4v) is 7.99. The molecule has 2 aromatic carbocycles. The maximum Gasteiger partial charge on any atom is 0.162 e. The molecule has 1 fully saturated rings. The fraction of sp³-hybridized carbons (Fsp3) is 0.526. The Morgan fingerprint density at radius 1 is 0.795 bits per heavy atom. The maximum atomic E-state index is 14.2. The largest absolute Gasteiger partial charge is 0.490 e. The Balaban J connectivity index is 1.48. The highest BCUT2D eigenvalue weighted by atomic mass is 19.1. The van der Waals surface area contributed by atoms with Crippen LogP contribution in [0.4, 0.5) is 4.39 Å². The van der Waals surface area contributed by atoms with Crippen LogP contribution in [-0.4, -0.2) is 29.1 Å². The molecule has 6 rings (SSSR count). The third-order valence-electron chi connectivity index (χ3n) is 9.78. The number of Topliss-reactive ketones (excluding diaryl/α,β-unsaturated/α-hetero) is 2. The molecule has 3 aliphatic carbocycles. The van der Waals surface area contributed by atoms with E-state index in [-0.39, 0.29) is 34.8 Å². The van der Waals surface area contributed by atoms with Gasteiger partial charge >= 0.3 is 0 Å². The van der Waals surface area contributed by atoms with Crippen molar-refractivity contribution in [3.63, 3.8) is 0 Å². The summed E-state index contributed by atoms with van der Waals surface area (Å²) in [5.41, 5.74) is 5.19. The van der Waals surface area contributed by atoms with E-state index in [0.717, 1.165) is 59.4 Å². The van der Waals surface area contributed by atoms with Crippen molar-refractivity contribution in [3.05, 3.63) is 81.9 Å². The van der Waals surface area contributed by atoms with Crippen LogP contribution in [0.2, 0.25) is 0 Å². The zero-order chi connectivity index (χ0) is 31.2. The number of nitrogens with zero attached hydrogens (tertiary/aromatic N) is 1. The molecule has 1 saturated carbocycles. The van der Waals surface area contributed by atoms with E-state index < -0.39 is 5.92 Å². The number of ketones is 2. The van der Waals surface area contributed by atoms with Crippen molar-refractivity contribution in [2.24, 2.45) is 10.8 Å². The molecule has 1 heterocycles. The second-order valence-electron chi connectivity index (χ2n) is 14.8. The normalized spacial score (nSPS) is 22.2. The number of hydrogen-bond donors (Lipinski definition) is 0. The first kappa shape index (κ1) is 30.6. The van der Waals surface area contributed by atoms with E-state index in [1.807, 2.05) is 31.2 Å². The first-order chi connectivity index (χ1) is 21.0. The van der Waals surface area contributed by atoms with Crippen molar-refractivity contribution in [1.29, 1.82) is 0 Å². The predicted molar refractivity (Wildman–Crippen MR) is 170 cm³/mol. The van der Waals surface area contributed by atoms with E-state index in [1.54, 1.807) is 6.07 Å². The lowest BCUT2D eigenvalue weighted by Gasteiger charge is -2.52. The zero-order valence-corrected chi connectivity index (χ0v) is 26.9. The van der Waals surface area contributed by atoms with Gasteiger partial charge in [-0.05, 0) is 78.8 Å². The molecule has 44 heavy (non-hydrogen) atoms. The van der Waals surface area contributed by atoms with Gasteiger partial charge in [0, 0.05) is 47.3 Å². The number of ether oxygens (including phenoxy) is 2. The third-order valence-corrected chi connectivity index (χ3v) is 9.78. The molecule has 0 bridgehead atoms. The summed E-state index contributed by atoms with van der Waals surface area (Å²) in [6, 6.07) is 12.5. The number of allylic oxidation sites excluding steroid dienone is 4.